The number of hydrogen-bond acceptors (Lipinski definition) is 3. The first-order valence-corrected chi connectivity index (χ1v) is 3.63. The largest absolute Gasteiger partial charge is 0.411 e. The van der Waals surface area contributed by atoms with Crippen molar-refractivity contribution in [3.8, 4) is 0 Å². The zero-order valence-corrected chi connectivity index (χ0v) is 6.72. The van der Waals surface area contributed by atoms with Crippen molar-refractivity contribution >= 4 is 5.71 Å². The average molecular weight is 144 g/mol. The third kappa shape index (κ3) is 5.56. The molecule has 0 fully saturated rings. The molecule has 3 nitrogen and oxygen atoms in total. The van der Waals surface area contributed by atoms with Gasteiger partial charge in [-0.15, -0.1) is 0 Å². The quantitative estimate of drug-likeness (QED) is 0.264. The molecule has 0 spiro atoms. The van der Waals surface area contributed by atoms with E-state index >= 15 is 0 Å². The van der Waals surface area contributed by atoms with E-state index < -0.39 is 0 Å². The lowest BCUT2D eigenvalue weighted by Crippen LogP contribution is -2.07. The molecule has 0 bridgehead atoms. The third-order valence-electron chi connectivity index (χ3n) is 1.39. The number of hydrogen-bond donors (Lipinski definition) is 2. The van der Waals surface area contributed by atoms with Crippen molar-refractivity contribution in [1.29, 1.82) is 0 Å². The summed E-state index contributed by atoms with van der Waals surface area (Å²) in [5.74, 6) is 0. The highest BCUT2D eigenvalue weighted by atomic mass is 16.4. The Balaban J connectivity index is 3.04. The Kier molecular flexibility index (Phi) is 6.18. The van der Waals surface area contributed by atoms with Gasteiger partial charge in [0.15, 0.2) is 0 Å². The molecule has 0 aromatic heterocycles. The van der Waals surface area contributed by atoms with Crippen LogP contribution in [0, 0.1) is 0 Å². The molecule has 3 heteroatoms. The molecule has 0 aromatic rings. The van der Waals surface area contributed by atoms with Gasteiger partial charge in [0.2, 0.25) is 0 Å². The fraction of sp³-hybridized carbons (Fsp3) is 0.857. The van der Waals surface area contributed by atoms with Crippen LogP contribution in [0.2, 0.25) is 0 Å². The molecule has 0 amide bonds. The summed E-state index contributed by atoms with van der Waals surface area (Å²) in [6.07, 6.45) is 3.14. The van der Waals surface area contributed by atoms with E-state index in [-0.39, 0.29) is 0 Å². The molecule has 0 aliphatic rings. The molecule has 0 saturated carbocycles. The Morgan fingerprint density at radius 1 is 1.50 bits per heavy atom. The summed E-state index contributed by atoms with van der Waals surface area (Å²) in [7, 11) is 1.94. The first kappa shape index (κ1) is 9.43. The molecule has 0 rings (SSSR count). The minimum atomic E-state index is 0.816. The van der Waals surface area contributed by atoms with Crippen LogP contribution in [-0.2, 0) is 0 Å². The summed E-state index contributed by atoms with van der Waals surface area (Å²) in [6.45, 7) is 2.87. The van der Waals surface area contributed by atoms with Crippen LogP contribution in [0.3, 0.4) is 0 Å². The van der Waals surface area contributed by atoms with Gasteiger partial charge in [0.05, 0.1) is 5.71 Å². The Morgan fingerprint density at radius 3 is 2.70 bits per heavy atom. The zero-order chi connectivity index (χ0) is 7.82. The second-order valence-corrected chi connectivity index (χ2v) is 2.40. The summed E-state index contributed by atoms with van der Waals surface area (Å²) in [4.78, 5) is 0. The molecule has 0 aromatic carbocycles. The molecule has 0 atom stereocenters. The summed E-state index contributed by atoms with van der Waals surface area (Å²) in [6, 6.07) is 0. The first-order valence-electron chi connectivity index (χ1n) is 3.63. The summed E-state index contributed by atoms with van der Waals surface area (Å²) in [5, 5.41) is 14.4. The Morgan fingerprint density at radius 2 is 2.20 bits per heavy atom. The number of unbranched alkanes of at least 4 members (excludes halogenated alkanes) is 1. The highest BCUT2D eigenvalue weighted by Gasteiger charge is 1.90. The fourth-order valence-electron chi connectivity index (χ4n) is 0.733. The van der Waals surface area contributed by atoms with Crippen molar-refractivity contribution < 1.29 is 5.21 Å². The monoisotopic (exact) mass is 144 g/mol. The molecule has 2 N–H and O–H groups in total. The minimum absolute atomic E-state index is 0.816. The van der Waals surface area contributed by atoms with Crippen LogP contribution in [0.4, 0.5) is 0 Å². The maximum atomic E-state index is 8.26. The highest BCUT2D eigenvalue weighted by Crippen LogP contribution is 1.95. The van der Waals surface area contributed by atoms with Crippen LogP contribution in [0.25, 0.3) is 0 Å². The lowest BCUT2D eigenvalue weighted by molar-refractivity contribution is 0.317. The van der Waals surface area contributed by atoms with Crippen LogP contribution in [0.1, 0.15) is 26.2 Å². The summed E-state index contributed by atoms with van der Waals surface area (Å²) >= 11 is 0. The van der Waals surface area contributed by atoms with Crippen molar-refractivity contribution in [1.82, 2.24) is 5.32 Å². The molecule has 0 saturated heterocycles. The smallest absolute Gasteiger partial charge is 0.0540 e. The molecule has 0 heterocycles. The van der Waals surface area contributed by atoms with E-state index in [0.717, 1.165) is 31.5 Å². The third-order valence-corrected chi connectivity index (χ3v) is 1.39. The fourth-order valence-corrected chi connectivity index (χ4v) is 0.733. The molecule has 10 heavy (non-hydrogen) atoms. The molecule has 0 aliphatic carbocycles. The van der Waals surface area contributed by atoms with Crippen LogP contribution >= 0.6 is 0 Å². The van der Waals surface area contributed by atoms with E-state index in [1.807, 2.05) is 14.0 Å². The van der Waals surface area contributed by atoms with E-state index in [1.54, 1.807) is 0 Å². The molecular weight excluding hydrogens is 128 g/mol. The van der Waals surface area contributed by atoms with Gasteiger partial charge in [-0.05, 0) is 39.8 Å². The molecule has 0 aliphatic heterocycles. The predicted molar refractivity (Wildman–Crippen MR) is 42.7 cm³/mol. The number of rotatable bonds is 5. The van der Waals surface area contributed by atoms with Crippen molar-refractivity contribution in [3.63, 3.8) is 0 Å². The first-order chi connectivity index (χ1) is 4.81. The Labute approximate surface area is 62.1 Å². The topological polar surface area (TPSA) is 44.6 Å². The van der Waals surface area contributed by atoms with Gasteiger partial charge in [-0.25, -0.2) is 0 Å². The predicted octanol–water partition coefficient (Wildman–Crippen LogP) is 1.23. The van der Waals surface area contributed by atoms with Gasteiger partial charge in [-0.2, -0.15) is 0 Å². The van der Waals surface area contributed by atoms with Gasteiger partial charge in [0.25, 0.3) is 0 Å². The van der Waals surface area contributed by atoms with Crippen molar-refractivity contribution in [3.05, 3.63) is 0 Å². The van der Waals surface area contributed by atoms with Gasteiger partial charge in [-0.3, -0.25) is 0 Å². The second kappa shape index (κ2) is 6.55. The lowest BCUT2D eigenvalue weighted by atomic mass is 10.2. The van der Waals surface area contributed by atoms with Gasteiger partial charge >= 0.3 is 0 Å². The normalized spacial score (nSPS) is 12.0. The van der Waals surface area contributed by atoms with Crippen LogP contribution in [0.15, 0.2) is 5.16 Å². The van der Waals surface area contributed by atoms with Crippen LogP contribution in [-0.4, -0.2) is 24.5 Å². The summed E-state index contributed by atoms with van der Waals surface area (Å²) in [5.41, 5.74) is 0.816. The highest BCUT2D eigenvalue weighted by molar-refractivity contribution is 5.81. The van der Waals surface area contributed by atoms with E-state index in [0.29, 0.717) is 0 Å². The molecule has 0 radical (unpaired) electrons. The number of nitrogens with one attached hydrogen (secondary N) is 1. The average Bonchev–Trinajstić information content (AvgIpc) is 1.98. The summed E-state index contributed by atoms with van der Waals surface area (Å²) < 4.78 is 0. The van der Waals surface area contributed by atoms with Crippen molar-refractivity contribution in [2.45, 2.75) is 26.2 Å². The Bertz CT molecular complexity index is 102. The molecular formula is C7H16N2O. The van der Waals surface area contributed by atoms with Crippen LogP contribution in [0.5, 0.6) is 0 Å². The standard InChI is InChI=1S/C7H16N2O/c1-7(9-10)5-3-4-6-8-2/h8,10H,3-6H2,1-2H3/b9-7+. The lowest BCUT2D eigenvalue weighted by Gasteiger charge is -1.97. The molecule has 0 unspecified atom stereocenters. The van der Waals surface area contributed by atoms with Gasteiger partial charge < -0.3 is 10.5 Å². The zero-order valence-electron chi connectivity index (χ0n) is 6.72. The van der Waals surface area contributed by atoms with E-state index in [4.69, 9.17) is 5.21 Å². The maximum Gasteiger partial charge on any atom is 0.0540 e. The SMILES string of the molecule is CNCCCC/C(C)=N/O. The maximum absolute atomic E-state index is 8.26. The van der Waals surface area contributed by atoms with Crippen molar-refractivity contribution in [2.24, 2.45) is 5.16 Å². The number of oxime groups is 1. The van der Waals surface area contributed by atoms with Gasteiger partial charge in [0, 0.05) is 0 Å². The van der Waals surface area contributed by atoms with Crippen LogP contribution < -0.4 is 5.32 Å². The van der Waals surface area contributed by atoms with Gasteiger partial charge in [-0.1, -0.05) is 5.16 Å². The van der Waals surface area contributed by atoms with E-state index in [9.17, 15) is 0 Å². The second-order valence-electron chi connectivity index (χ2n) is 2.40. The number of nitrogens with zero attached hydrogens (tertiary/aromatic N) is 1. The van der Waals surface area contributed by atoms with E-state index in [2.05, 4.69) is 10.5 Å². The Hall–Kier alpha value is -0.570. The van der Waals surface area contributed by atoms with Gasteiger partial charge in [0.1, 0.15) is 0 Å². The van der Waals surface area contributed by atoms with Crippen molar-refractivity contribution in [2.75, 3.05) is 13.6 Å². The minimum Gasteiger partial charge on any atom is -0.411 e. The molecule has 60 valence electrons. The van der Waals surface area contributed by atoms with E-state index in [1.165, 1.54) is 0 Å².